The van der Waals surface area contributed by atoms with Crippen LogP contribution in [-0.2, 0) is 9.59 Å². The van der Waals surface area contributed by atoms with Crippen LogP contribution in [-0.4, -0.2) is 46.2 Å². The Labute approximate surface area is 178 Å². The minimum absolute atomic E-state index is 0.0960. The van der Waals surface area contributed by atoms with Crippen LogP contribution in [0.4, 0.5) is 11.4 Å². The number of anilines is 1. The van der Waals surface area contributed by atoms with E-state index in [0.29, 0.717) is 18.0 Å². The van der Waals surface area contributed by atoms with Gasteiger partial charge in [-0.25, -0.2) is 4.90 Å². The predicted molar refractivity (Wildman–Crippen MR) is 111 cm³/mol. The Balaban J connectivity index is 1.57. The van der Waals surface area contributed by atoms with Crippen molar-refractivity contribution in [2.75, 3.05) is 11.5 Å². The zero-order chi connectivity index (χ0) is 22.1. The van der Waals surface area contributed by atoms with Gasteiger partial charge in [-0.1, -0.05) is 0 Å². The molecule has 0 radical (unpaired) electrons. The molecule has 1 saturated carbocycles. The smallest absolute Gasteiger partial charge is 0.269 e. The maximum absolute atomic E-state index is 13.2. The molecule has 1 aliphatic heterocycles. The number of hydrogen-bond donors (Lipinski definition) is 0. The standard InChI is InChI=1S/C22H21N3O6/c1-2-31-18-11-9-16(10-12-18)24-20(26)13-19(22(24)28)23(15-7-8-15)21(27)14-3-5-17(6-4-14)25(29)30/h3-6,9-12,15,19H,2,7-8,13H2,1H3. The van der Waals surface area contributed by atoms with Crippen molar-refractivity contribution in [2.24, 2.45) is 0 Å². The summed E-state index contributed by atoms with van der Waals surface area (Å²) in [5, 5.41) is 10.9. The molecule has 2 aromatic carbocycles. The van der Waals surface area contributed by atoms with Gasteiger partial charge in [0, 0.05) is 23.7 Å². The molecule has 1 aliphatic carbocycles. The van der Waals surface area contributed by atoms with Crippen LogP contribution < -0.4 is 9.64 Å². The average Bonchev–Trinajstić information content (AvgIpc) is 3.55. The van der Waals surface area contributed by atoms with Crippen molar-refractivity contribution in [1.82, 2.24) is 4.90 Å². The molecule has 9 nitrogen and oxygen atoms in total. The first-order chi connectivity index (χ1) is 14.9. The fourth-order valence-corrected chi connectivity index (χ4v) is 3.75. The van der Waals surface area contributed by atoms with Gasteiger partial charge in [-0.2, -0.15) is 0 Å². The summed E-state index contributed by atoms with van der Waals surface area (Å²) in [6, 6.07) is 10.9. The van der Waals surface area contributed by atoms with E-state index in [2.05, 4.69) is 0 Å². The molecule has 2 fully saturated rings. The summed E-state index contributed by atoms with van der Waals surface area (Å²) in [4.78, 5) is 51.9. The van der Waals surface area contributed by atoms with Crippen LogP contribution in [0, 0.1) is 10.1 Å². The molecule has 9 heteroatoms. The molecule has 2 aromatic rings. The summed E-state index contributed by atoms with van der Waals surface area (Å²) >= 11 is 0. The number of ether oxygens (including phenoxy) is 1. The number of hydrogen-bond acceptors (Lipinski definition) is 6. The van der Waals surface area contributed by atoms with Crippen molar-refractivity contribution in [3.63, 3.8) is 0 Å². The second-order valence-electron chi connectivity index (χ2n) is 7.46. The number of carbonyl (C=O) groups excluding carboxylic acids is 3. The van der Waals surface area contributed by atoms with Gasteiger partial charge in [0.2, 0.25) is 5.91 Å². The third kappa shape index (κ3) is 3.98. The van der Waals surface area contributed by atoms with Crippen molar-refractivity contribution >= 4 is 29.1 Å². The van der Waals surface area contributed by atoms with E-state index in [1.54, 1.807) is 24.3 Å². The van der Waals surface area contributed by atoms with Gasteiger partial charge < -0.3 is 9.64 Å². The summed E-state index contributed by atoms with van der Waals surface area (Å²) < 4.78 is 5.40. The van der Waals surface area contributed by atoms with Gasteiger partial charge in [0.15, 0.2) is 0 Å². The van der Waals surface area contributed by atoms with E-state index < -0.39 is 22.8 Å². The van der Waals surface area contributed by atoms with Crippen LogP contribution >= 0.6 is 0 Å². The first kappa shape index (κ1) is 20.5. The third-order valence-corrected chi connectivity index (χ3v) is 5.36. The second kappa shape index (κ2) is 8.17. The van der Waals surface area contributed by atoms with Crippen LogP contribution in [0.5, 0.6) is 5.75 Å². The van der Waals surface area contributed by atoms with Gasteiger partial charge in [-0.3, -0.25) is 24.5 Å². The highest BCUT2D eigenvalue weighted by molar-refractivity contribution is 6.23. The van der Waals surface area contributed by atoms with Gasteiger partial charge >= 0.3 is 0 Å². The zero-order valence-electron chi connectivity index (χ0n) is 16.9. The molecule has 0 spiro atoms. The fourth-order valence-electron chi connectivity index (χ4n) is 3.75. The number of imide groups is 1. The molecule has 0 aromatic heterocycles. The van der Waals surface area contributed by atoms with E-state index in [-0.39, 0.29) is 29.6 Å². The van der Waals surface area contributed by atoms with Crippen molar-refractivity contribution in [3.05, 3.63) is 64.2 Å². The van der Waals surface area contributed by atoms with Crippen molar-refractivity contribution in [1.29, 1.82) is 0 Å². The summed E-state index contributed by atoms with van der Waals surface area (Å²) in [5.74, 6) is -0.593. The van der Waals surface area contributed by atoms with E-state index in [1.165, 1.54) is 29.2 Å². The van der Waals surface area contributed by atoms with Crippen molar-refractivity contribution in [2.45, 2.75) is 38.3 Å². The maximum atomic E-state index is 13.2. The van der Waals surface area contributed by atoms with Gasteiger partial charge in [0.05, 0.1) is 23.6 Å². The third-order valence-electron chi connectivity index (χ3n) is 5.36. The van der Waals surface area contributed by atoms with Crippen molar-refractivity contribution in [3.8, 4) is 5.75 Å². The summed E-state index contributed by atoms with van der Waals surface area (Å²) in [6.45, 7) is 2.37. The average molecular weight is 423 g/mol. The van der Waals surface area contributed by atoms with Crippen LogP contribution in [0.25, 0.3) is 0 Å². The zero-order valence-corrected chi connectivity index (χ0v) is 16.9. The lowest BCUT2D eigenvalue weighted by Crippen LogP contribution is -2.46. The molecule has 1 atom stereocenters. The molecule has 0 N–H and O–H groups in total. The number of nitrogens with zero attached hydrogens (tertiary/aromatic N) is 3. The lowest BCUT2D eigenvalue weighted by molar-refractivity contribution is -0.384. The van der Waals surface area contributed by atoms with Crippen LogP contribution in [0.1, 0.15) is 36.5 Å². The van der Waals surface area contributed by atoms with Crippen molar-refractivity contribution < 1.29 is 24.0 Å². The lowest BCUT2D eigenvalue weighted by atomic mass is 10.1. The van der Waals surface area contributed by atoms with E-state index in [9.17, 15) is 24.5 Å². The molecular weight excluding hydrogens is 402 g/mol. The topological polar surface area (TPSA) is 110 Å². The number of rotatable bonds is 7. The van der Waals surface area contributed by atoms with Crippen LogP contribution in [0.2, 0.25) is 0 Å². The highest BCUT2D eigenvalue weighted by atomic mass is 16.6. The Bertz CT molecular complexity index is 1030. The van der Waals surface area contributed by atoms with E-state index in [0.717, 1.165) is 17.7 Å². The van der Waals surface area contributed by atoms with Gasteiger partial charge in [0.25, 0.3) is 17.5 Å². The number of nitro groups is 1. The van der Waals surface area contributed by atoms with Gasteiger partial charge in [0.1, 0.15) is 11.8 Å². The number of carbonyl (C=O) groups is 3. The Morgan fingerprint density at radius 3 is 2.32 bits per heavy atom. The highest BCUT2D eigenvalue weighted by Gasteiger charge is 2.48. The highest BCUT2D eigenvalue weighted by Crippen LogP contribution is 2.35. The Morgan fingerprint density at radius 2 is 1.77 bits per heavy atom. The molecule has 3 amide bonds. The first-order valence-corrected chi connectivity index (χ1v) is 10.1. The lowest BCUT2D eigenvalue weighted by Gasteiger charge is -2.27. The summed E-state index contributed by atoms with van der Waals surface area (Å²) in [5.41, 5.74) is 0.556. The molecule has 1 heterocycles. The summed E-state index contributed by atoms with van der Waals surface area (Å²) in [6.07, 6.45) is 1.40. The quantitative estimate of drug-likeness (QED) is 0.385. The van der Waals surface area contributed by atoms with Gasteiger partial charge in [-0.15, -0.1) is 0 Å². The van der Waals surface area contributed by atoms with Gasteiger partial charge in [-0.05, 0) is 56.2 Å². The number of nitro benzene ring substituents is 1. The molecule has 2 aliphatic rings. The van der Waals surface area contributed by atoms with E-state index in [1.807, 2.05) is 6.92 Å². The number of amides is 3. The Kier molecular flexibility index (Phi) is 5.41. The fraction of sp³-hybridized carbons (Fsp3) is 0.318. The number of non-ortho nitro benzene ring substituents is 1. The molecule has 160 valence electrons. The van der Waals surface area contributed by atoms with E-state index in [4.69, 9.17) is 4.74 Å². The maximum Gasteiger partial charge on any atom is 0.269 e. The second-order valence-corrected chi connectivity index (χ2v) is 7.46. The molecular formula is C22H21N3O6. The minimum atomic E-state index is -0.894. The largest absolute Gasteiger partial charge is 0.494 e. The predicted octanol–water partition coefficient (Wildman–Crippen LogP) is 2.93. The number of benzene rings is 2. The van der Waals surface area contributed by atoms with Crippen LogP contribution in [0.15, 0.2) is 48.5 Å². The monoisotopic (exact) mass is 423 g/mol. The first-order valence-electron chi connectivity index (χ1n) is 10.1. The van der Waals surface area contributed by atoms with Crippen LogP contribution in [0.3, 0.4) is 0 Å². The SMILES string of the molecule is CCOc1ccc(N2C(=O)CC(N(C(=O)c3ccc([N+](=O)[O-])cc3)C3CC3)C2=O)cc1. The molecule has 4 rings (SSSR count). The molecule has 1 saturated heterocycles. The minimum Gasteiger partial charge on any atom is -0.494 e. The molecule has 31 heavy (non-hydrogen) atoms. The molecule has 1 unspecified atom stereocenters. The normalized spacial score (nSPS) is 18.2. The Hall–Kier alpha value is -3.75. The summed E-state index contributed by atoms with van der Waals surface area (Å²) in [7, 11) is 0. The Morgan fingerprint density at radius 1 is 1.13 bits per heavy atom. The molecule has 0 bridgehead atoms. The van der Waals surface area contributed by atoms with E-state index >= 15 is 0 Å².